The minimum atomic E-state index is 0.531. The van der Waals surface area contributed by atoms with Crippen molar-refractivity contribution >= 4 is 0 Å². The molecule has 0 aromatic heterocycles. The quantitative estimate of drug-likeness (QED) is 0.786. The van der Waals surface area contributed by atoms with Crippen LogP contribution in [-0.4, -0.2) is 30.6 Å². The highest BCUT2D eigenvalue weighted by Crippen LogP contribution is 2.28. The average molecular weight is 260 g/mol. The van der Waals surface area contributed by atoms with E-state index in [1.54, 1.807) is 0 Å². The van der Waals surface area contributed by atoms with Gasteiger partial charge < -0.3 is 5.32 Å². The van der Waals surface area contributed by atoms with Crippen molar-refractivity contribution < 1.29 is 0 Å². The molecular weight excluding hydrogens is 232 g/mol. The minimum absolute atomic E-state index is 0.531. The topological polar surface area (TPSA) is 15.3 Å². The molecule has 1 aliphatic rings. The van der Waals surface area contributed by atoms with E-state index >= 15 is 0 Å². The molecule has 0 spiro atoms. The molecule has 2 atom stereocenters. The van der Waals surface area contributed by atoms with Gasteiger partial charge in [0, 0.05) is 18.6 Å². The standard InChI is InChI=1S/C17H28N2/c1-3-12-18-14-17(16-10-5-4-6-11-16)19-13-8-7-9-15(19)2/h4-6,10-11,15,17-18H,3,7-9,12-14H2,1-2H3. The van der Waals surface area contributed by atoms with Crippen LogP contribution in [0, 0.1) is 0 Å². The van der Waals surface area contributed by atoms with Crippen molar-refractivity contribution in [2.24, 2.45) is 0 Å². The van der Waals surface area contributed by atoms with E-state index in [2.05, 4.69) is 54.4 Å². The number of rotatable bonds is 6. The summed E-state index contributed by atoms with van der Waals surface area (Å²) in [5.74, 6) is 0. The fourth-order valence-corrected chi connectivity index (χ4v) is 3.10. The summed E-state index contributed by atoms with van der Waals surface area (Å²) in [5, 5.41) is 3.61. The predicted octanol–water partition coefficient (Wildman–Crippen LogP) is 3.60. The van der Waals surface area contributed by atoms with E-state index in [0.717, 1.165) is 13.1 Å². The molecule has 1 aromatic carbocycles. The van der Waals surface area contributed by atoms with Crippen molar-refractivity contribution in [2.45, 2.75) is 51.6 Å². The smallest absolute Gasteiger partial charge is 0.0475 e. The van der Waals surface area contributed by atoms with Gasteiger partial charge in [-0.2, -0.15) is 0 Å². The van der Waals surface area contributed by atoms with Crippen LogP contribution in [0.3, 0.4) is 0 Å². The number of nitrogens with zero attached hydrogens (tertiary/aromatic N) is 1. The molecule has 19 heavy (non-hydrogen) atoms. The molecule has 1 aliphatic heterocycles. The first kappa shape index (κ1) is 14.5. The van der Waals surface area contributed by atoms with E-state index < -0.39 is 0 Å². The van der Waals surface area contributed by atoms with Gasteiger partial charge in [-0.3, -0.25) is 4.90 Å². The molecule has 1 N–H and O–H groups in total. The van der Waals surface area contributed by atoms with Gasteiger partial charge in [-0.05, 0) is 44.8 Å². The van der Waals surface area contributed by atoms with Crippen molar-refractivity contribution in [3.05, 3.63) is 35.9 Å². The summed E-state index contributed by atoms with van der Waals surface area (Å²) in [7, 11) is 0. The third kappa shape index (κ3) is 4.05. The maximum Gasteiger partial charge on any atom is 0.0475 e. The Morgan fingerprint density at radius 2 is 2.05 bits per heavy atom. The van der Waals surface area contributed by atoms with Crippen LogP contribution in [0.15, 0.2) is 30.3 Å². The van der Waals surface area contributed by atoms with Gasteiger partial charge in [-0.1, -0.05) is 43.7 Å². The molecule has 106 valence electrons. The minimum Gasteiger partial charge on any atom is -0.315 e. The van der Waals surface area contributed by atoms with Gasteiger partial charge in [0.25, 0.3) is 0 Å². The zero-order chi connectivity index (χ0) is 13.5. The number of piperidine rings is 1. The van der Waals surface area contributed by atoms with Crippen molar-refractivity contribution in [1.29, 1.82) is 0 Å². The SMILES string of the molecule is CCCNCC(c1ccccc1)N1CCCCC1C. The molecule has 0 aliphatic carbocycles. The Bertz CT molecular complexity index is 350. The van der Waals surface area contributed by atoms with Gasteiger partial charge in [-0.25, -0.2) is 0 Å². The highest BCUT2D eigenvalue weighted by Gasteiger charge is 2.26. The average Bonchev–Trinajstić information content (AvgIpc) is 2.46. The second-order valence-electron chi connectivity index (χ2n) is 5.71. The fraction of sp³-hybridized carbons (Fsp3) is 0.647. The molecular formula is C17H28N2. The van der Waals surface area contributed by atoms with Crippen LogP contribution in [0.25, 0.3) is 0 Å². The fourth-order valence-electron chi connectivity index (χ4n) is 3.10. The summed E-state index contributed by atoms with van der Waals surface area (Å²) in [4.78, 5) is 2.70. The maximum absolute atomic E-state index is 3.61. The molecule has 1 saturated heterocycles. The van der Waals surface area contributed by atoms with Gasteiger partial charge in [0.15, 0.2) is 0 Å². The zero-order valence-electron chi connectivity index (χ0n) is 12.4. The Morgan fingerprint density at radius 1 is 1.26 bits per heavy atom. The van der Waals surface area contributed by atoms with Crippen LogP contribution in [0.5, 0.6) is 0 Å². The molecule has 0 radical (unpaired) electrons. The van der Waals surface area contributed by atoms with Crippen LogP contribution in [0.4, 0.5) is 0 Å². The molecule has 1 heterocycles. The highest BCUT2D eigenvalue weighted by atomic mass is 15.2. The molecule has 1 aromatic rings. The van der Waals surface area contributed by atoms with Crippen molar-refractivity contribution in [3.8, 4) is 0 Å². The lowest BCUT2D eigenvalue weighted by molar-refractivity contribution is 0.104. The van der Waals surface area contributed by atoms with Crippen LogP contribution in [0.1, 0.15) is 51.1 Å². The Morgan fingerprint density at radius 3 is 2.74 bits per heavy atom. The molecule has 2 nitrogen and oxygen atoms in total. The third-order valence-corrected chi connectivity index (χ3v) is 4.20. The van der Waals surface area contributed by atoms with Gasteiger partial charge >= 0.3 is 0 Å². The lowest BCUT2D eigenvalue weighted by Crippen LogP contribution is -2.44. The Labute approximate surface area is 118 Å². The monoisotopic (exact) mass is 260 g/mol. The molecule has 0 bridgehead atoms. The number of benzene rings is 1. The van der Waals surface area contributed by atoms with Crippen molar-refractivity contribution in [3.63, 3.8) is 0 Å². The van der Waals surface area contributed by atoms with Crippen molar-refractivity contribution in [2.75, 3.05) is 19.6 Å². The largest absolute Gasteiger partial charge is 0.315 e. The van der Waals surface area contributed by atoms with Crippen LogP contribution >= 0.6 is 0 Å². The second-order valence-corrected chi connectivity index (χ2v) is 5.71. The van der Waals surface area contributed by atoms with E-state index in [-0.39, 0.29) is 0 Å². The Hall–Kier alpha value is -0.860. The van der Waals surface area contributed by atoms with Gasteiger partial charge in [0.1, 0.15) is 0 Å². The third-order valence-electron chi connectivity index (χ3n) is 4.20. The lowest BCUT2D eigenvalue weighted by atomic mass is 9.97. The number of hydrogen-bond acceptors (Lipinski definition) is 2. The van der Waals surface area contributed by atoms with E-state index in [0.29, 0.717) is 12.1 Å². The Kier molecular flexibility index (Phi) is 5.87. The molecule has 2 rings (SSSR count). The van der Waals surface area contributed by atoms with Crippen LogP contribution < -0.4 is 5.32 Å². The summed E-state index contributed by atoms with van der Waals surface area (Å²) in [5.41, 5.74) is 1.46. The van der Waals surface area contributed by atoms with Crippen molar-refractivity contribution in [1.82, 2.24) is 10.2 Å². The number of nitrogens with one attached hydrogen (secondary N) is 1. The molecule has 1 fully saturated rings. The summed E-state index contributed by atoms with van der Waals surface area (Å²) in [6.07, 6.45) is 5.29. The molecule has 0 saturated carbocycles. The molecule has 2 unspecified atom stereocenters. The highest BCUT2D eigenvalue weighted by molar-refractivity contribution is 5.20. The molecule has 2 heteroatoms. The van der Waals surface area contributed by atoms with Crippen LogP contribution in [-0.2, 0) is 0 Å². The Balaban J connectivity index is 2.09. The zero-order valence-corrected chi connectivity index (χ0v) is 12.4. The predicted molar refractivity (Wildman–Crippen MR) is 82.4 cm³/mol. The first-order valence-corrected chi connectivity index (χ1v) is 7.84. The summed E-state index contributed by atoms with van der Waals surface area (Å²) in [6.45, 7) is 8.05. The van der Waals surface area contributed by atoms with Gasteiger partial charge in [0.2, 0.25) is 0 Å². The normalized spacial score (nSPS) is 22.3. The van der Waals surface area contributed by atoms with E-state index in [1.807, 2.05) is 0 Å². The van der Waals surface area contributed by atoms with E-state index in [4.69, 9.17) is 0 Å². The van der Waals surface area contributed by atoms with E-state index in [9.17, 15) is 0 Å². The van der Waals surface area contributed by atoms with Crippen LogP contribution in [0.2, 0.25) is 0 Å². The molecule has 0 amide bonds. The lowest BCUT2D eigenvalue weighted by Gasteiger charge is -2.40. The number of hydrogen-bond donors (Lipinski definition) is 1. The summed E-state index contributed by atoms with van der Waals surface area (Å²) in [6, 6.07) is 12.2. The van der Waals surface area contributed by atoms with Gasteiger partial charge in [-0.15, -0.1) is 0 Å². The summed E-state index contributed by atoms with van der Waals surface area (Å²) < 4.78 is 0. The van der Waals surface area contributed by atoms with E-state index in [1.165, 1.54) is 37.8 Å². The maximum atomic E-state index is 3.61. The first-order chi connectivity index (χ1) is 9.33. The number of likely N-dealkylation sites (tertiary alicyclic amines) is 1. The summed E-state index contributed by atoms with van der Waals surface area (Å²) >= 11 is 0. The second kappa shape index (κ2) is 7.66. The van der Waals surface area contributed by atoms with Gasteiger partial charge in [0.05, 0.1) is 0 Å². The first-order valence-electron chi connectivity index (χ1n) is 7.84.